The maximum absolute atomic E-state index is 11.8. The van der Waals surface area contributed by atoms with Crippen molar-refractivity contribution in [2.24, 2.45) is 0 Å². The van der Waals surface area contributed by atoms with Crippen molar-refractivity contribution >= 4 is 30.5 Å². The van der Waals surface area contributed by atoms with E-state index in [9.17, 15) is 14.4 Å². The predicted molar refractivity (Wildman–Crippen MR) is 70.5 cm³/mol. The molecule has 0 saturated heterocycles. The molecule has 0 heterocycles. The molecule has 0 aromatic heterocycles. The zero-order chi connectivity index (χ0) is 14.5. The molecule has 0 bridgehead atoms. The van der Waals surface area contributed by atoms with E-state index in [1.807, 2.05) is 0 Å². The molecule has 0 unspecified atom stereocenters. The second-order valence-corrected chi connectivity index (χ2v) is 5.16. The summed E-state index contributed by atoms with van der Waals surface area (Å²) in [6.07, 6.45) is -0.716. The van der Waals surface area contributed by atoms with Gasteiger partial charge < -0.3 is 10.1 Å². The van der Waals surface area contributed by atoms with E-state index < -0.39 is 29.6 Å². The molecule has 6 nitrogen and oxygen atoms in total. The Morgan fingerprint density at radius 3 is 2.17 bits per heavy atom. The van der Waals surface area contributed by atoms with Gasteiger partial charge in [0.15, 0.2) is 0 Å². The zero-order valence-electron chi connectivity index (χ0n) is 11.3. The molecule has 1 atom stereocenters. The maximum Gasteiger partial charge on any atom is 0.408 e. The minimum atomic E-state index is -0.892. The smallest absolute Gasteiger partial charge is 0.408 e. The summed E-state index contributed by atoms with van der Waals surface area (Å²) in [5, 5.41) is 2.38. The van der Waals surface area contributed by atoms with Crippen LogP contribution in [0.15, 0.2) is 0 Å². The van der Waals surface area contributed by atoms with E-state index in [4.69, 9.17) is 4.74 Å². The minimum absolute atomic E-state index is 0.0791. The first-order valence-electron chi connectivity index (χ1n) is 5.47. The third-order valence-electron chi connectivity index (χ3n) is 1.97. The third-order valence-corrected chi connectivity index (χ3v) is 2.34. The number of hydrogen-bond donors (Lipinski definition) is 2. The lowest BCUT2D eigenvalue weighted by Gasteiger charge is -2.24. The fraction of sp³-hybridized carbons (Fsp3) is 0.727. The Balaban J connectivity index is 4.57. The van der Waals surface area contributed by atoms with Crippen molar-refractivity contribution in [3.8, 4) is 0 Å². The highest BCUT2D eigenvalue weighted by Gasteiger charge is 2.26. The highest BCUT2D eigenvalue weighted by atomic mass is 32.1. The molecule has 0 saturated carbocycles. The standard InChI is InChI=1S/C11H20N2O4S/c1-7(14)13(5)9(15)8(6-18)12-10(16)17-11(2,3)4/h8,18H,6H2,1-5H3,(H,12,16)/t8-/m0/s1. The molecule has 104 valence electrons. The van der Waals surface area contributed by atoms with Crippen molar-refractivity contribution in [3.05, 3.63) is 0 Å². The van der Waals surface area contributed by atoms with Gasteiger partial charge in [0.25, 0.3) is 5.91 Å². The monoisotopic (exact) mass is 276 g/mol. The van der Waals surface area contributed by atoms with Crippen molar-refractivity contribution in [3.63, 3.8) is 0 Å². The van der Waals surface area contributed by atoms with Gasteiger partial charge >= 0.3 is 6.09 Å². The van der Waals surface area contributed by atoms with Gasteiger partial charge in [-0.2, -0.15) is 12.6 Å². The topological polar surface area (TPSA) is 75.7 Å². The van der Waals surface area contributed by atoms with Crippen LogP contribution in [0.2, 0.25) is 0 Å². The second-order valence-electron chi connectivity index (χ2n) is 4.80. The number of imide groups is 1. The van der Waals surface area contributed by atoms with Crippen molar-refractivity contribution in [2.45, 2.75) is 39.3 Å². The predicted octanol–water partition coefficient (Wildman–Crippen LogP) is 0.814. The number of carbonyl (C=O) groups excluding carboxylic acids is 3. The number of rotatable bonds is 3. The highest BCUT2D eigenvalue weighted by Crippen LogP contribution is 2.07. The van der Waals surface area contributed by atoms with Crippen molar-refractivity contribution < 1.29 is 19.1 Å². The normalized spacial score (nSPS) is 12.6. The van der Waals surface area contributed by atoms with Crippen LogP contribution in [0.5, 0.6) is 0 Å². The van der Waals surface area contributed by atoms with Crippen LogP contribution >= 0.6 is 12.6 Å². The molecule has 18 heavy (non-hydrogen) atoms. The molecule has 1 N–H and O–H groups in total. The summed E-state index contributed by atoms with van der Waals surface area (Å²) in [5.41, 5.74) is -0.652. The number of nitrogens with one attached hydrogen (secondary N) is 1. The first kappa shape index (κ1) is 16.8. The lowest BCUT2D eigenvalue weighted by molar-refractivity contribution is -0.142. The second kappa shape index (κ2) is 6.63. The summed E-state index contributed by atoms with van der Waals surface area (Å²) >= 11 is 3.97. The van der Waals surface area contributed by atoms with Crippen molar-refractivity contribution in [2.75, 3.05) is 12.8 Å². The lowest BCUT2D eigenvalue weighted by atomic mass is 10.2. The summed E-state index contributed by atoms with van der Waals surface area (Å²) < 4.78 is 5.02. The summed E-state index contributed by atoms with van der Waals surface area (Å²) in [6.45, 7) is 6.41. The third kappa shape index (κ3) is 5.90. The molecule has 0 aliphatic heterocycles. The van der Waals surface area contributed by atoms with Gasteiger partial charge in [-0.25, -0.2) is 4.79 Å². The van der Waals surface area contributed by atoms with Crippen molar-refractivity contribution in [1.29, 1.82) is 0 Å². The van der Waals surface area contributed by atoms with Gasteiger partial charge in [-0.1, -0.05) is 0 Å². The molecule has 0 spiro atoms. The molecule has 0 radical (unpaired) electrons. The van der Waals surface area contributed by atoms with E-state index in [2.05, 4.69) is 17.9 Å². The van der Waals surface area contributed by atoms with Crippen LogP contribution in [-0.2, 0) is 14.3 Å². The fourth-order valence-electron chi connectivity index (χ4n) is 1.02. The molecule has 0 aromatic rings. The Morgan fingerprint density at radius 1 is 1.33 bits per heavy atom. The van der Waals surface area contributed by atoms with Crippen LogP contribution in [0.1, 0.15) is 27.7 Å². The van der Waals surface area contributed by atoms with E-state index in [0.29, 0.717) is 0 Å². The van der Waals surface area contributed by atoms with Gasteiger partial charge in [0.05, 0.1) is 0 Å². The molecule has 0 fully saturated rings. The zero-order valence-corrected chi connectivity index (χ0v) is 12.2. The Hall–Kier alpha value is -1.24. The van der Waals surface area contributed by atoms with Crippen LogP contribution in [0, 0.1) is 0 Å². The minimum Gasteiger partial charge on any atom is -0.444 e. The lowest BCUT2D eigenvalue weighted by Crippen LogP contribution is -2.50. The summed E-state index contributed by atoms with van der Waals surface area (Å²) in [4.78, 5) is 35.3. The van der Waals surface area contributed by atoms with E-state index in [0.717, 1.165) is 4.90 Å². The Kier molecular flexibility index (Phi) is 6.17. The quantitative estimate of drug-likeness (QED) is 0.748. The number of nitrogens with zero attached hydrogens (tertiary/aromatic N) is 1. The molecule has 7 heteroatoms. The number of hydrogen-bond acceptors (Lipinski definition) is 5. The van der Waals surface area contributed by atoms with E-state index >= 15 is 0 Å². The van der Waals surface area contributed by atoms with Crippen LogP contribution in [0.3, 0.4) is 0 Å². The molecule has 0 rings (SSSR count). The van der Waals surface area contributed by atoms with Gasteiger partial charge in [-0.15, -0.1) is 0 Å². The van der Waals surface area contributed by atoms with Gasteiger partial charge in [-0.3, -0.25) is 14.5 Å². The maximum atomic E-state index is 11.8. The molecule has 0 aliphatic rings. The SMILES string of the molecule is CC(=O)N(C)C(=O)[C@H](CS)NC(=O)OC(C)(C)C. The fourth-order valence-corrected chi connectivity index (χ4v) is 1.27. The van der Waals surface area contributed by atoms with Gasteiger partial charge in [0.1, 0.15) is 11.6 Å². The van der Waals surface area contributed by atoms with E-state index in [1.165, 1.54) is 14.0 Å². The van der Waals surface area contributed by atoms with Crippen LogP contribution in [0.25, 0.3) is 0 Å². The number of thiol groups is 1. The average molecular weight is 276 g/mol. The number of alkyl carbamates (subject to hydrolysis) is 1. The first-order chi connectivity index (χ1) is 8.08. The molecule has 3 amide bonds. The Bertz CT molecular complexity index is 338. The van der Waals surface area contributed by atoms with Crippen LogP contribution in [0.4, 0.5) is 4.79 Å². The average Bonchev–Trinajstić information content (AvgIpc) is 2.21. The van der Waals surface area contributed by atoms with Crippen molar-refractivity contribution in [1.82, 2.24) is 10.2 Å². The van der Waals surface area contributed by atoms with Gasteiger partial charge in [-0.05, 0) is 20.8 Å². The number of ether oxygens (including phenoxy) is 1. The Labute approximate surface area is 112 Å². The van der Waals surface area contributed by atoms with Gasteiger partial charge in [0, 0.05) is 19.7 Å². The Morgan fingerprint density at radius 2 is 1.83 bits per heavy atom. The van der Waals surface area contributed by atoms with E-state index in [-0.39, 0.29) is 5.75 Å². The highest BCUT2D eigenvalue weighted by molar-refractivity contribution is 7.80. The number of amides is 3. The molecular formula is C11H20N2O4S. The van der Waals surface area contributed by atoms with Crippen LogP contribution < -0.4 is 5.32 Å². The summed E-state index contributed by atoms with van der Waals surface area (Å²) in [5.74, 6) is -0.850. The van der Waals surface area contributed by atoms with Gasteiger partial charge in [0.2, 0.25) is 5.91 Å². The molecule has 0 aliphatic carbocycles. The summed E-state index contributed by atoms with van der Waals surface area (Å²) in [7, 11) is 1.35. The largest absolute Gasteiger partial charge is 0.444 e. The van der Waals surface area contributed by atoms with E-state index in [1.54, 1.807) is 20.8 Å². The summed E-state index contributed by atoms with van der Waals surface area (Å²) in [6, 6.07) is -0.892. The molecular weight excluding hydrogens is 256 g/mol. The number of likely N-dealkylation sites (N-methyl/N-ethyl adjacent to an activating group) is 1. The van der Waals surface area contributed by atoms with Crippen LogP contribution in [-0.4, -0.2) is 47.3 Å². The first-order valence-corrected chi connectivity index (χ1v) is 6.10. The molecule has 0 aromatic carbocycles. The number of carbonyl (C=O) groups is 3.